The molecule has 0 fully saturated rings. The molecule has 0 saturated carbocycles. The summed E-state index contributed by atoms with van der Waals surface area (Å²) in [5.41, 5.74) is -3.86. The summed E-state index contributed by atoms with van der Waals surface area (Å²) in [5.74, 6) is 0. The van der Waals surface area contributed by atoms with E-state index in [1.807, 2.05) is 0 Å². The minimum atomic E-state index is -4.24. The molecule has 0 aliphatic carbocycles. The number of rotatable bonds is 10. The van der Waals surface area contributed by atoms with Gasteiger partial charge in [0, 0.05) is 7.11 Å². The van der Waals surface area contributed by atoms with Crippen LogP contribution in [0.5, 0.6) is 0 Å². The Labute approximate surface area is 147 Å². The van der Waals surface area contributed by atoms with Crippen LogP contribution in [0.15, 0.2) is 38.4 Å². The average molecular weight is 413 g/mol. The van der Waals surface area contributed by atoms with Crippen LogP contribution in [-0.4, -0.2) is 37.6 Å². The molecule has 0 saturated heterocycles. The highest BCUT2D eigenvalue weighted by Gasteiger charge is 2.18. The summed E-state index contributed by atoms with van der Waals surface area (Å²) in [4.78, 5) is 36.6. The maximum Gasteiger partial charge on any atom is 0.340 e. The van der Waals surface area contributed by atoms with Gasteiger partial charge < -0.3 is 4.74 Å². The molecule has 1 aromatic heterocycles. The van der Waals surface area contributed by atoms with E-state index in [9.17, 15) is 31.2 Å². The third-order valence-corrected chi connectivity index (χ3v) is 4.43. The maximum atomic E-state index is 12.2. The van der Waals surface area contributed by atoms with Crippen molar-refractivity contribution in [2.75, 3.05) is 7.11 Å². The van der Waals surface area contributed by atoms with Crippen LogP contribution in [0.2, 0.25) is 0 Å². The standard InChI is InChI=1S/C11H15N3O10S2/c1-4-25(18,19)23-7-13-9(15)12(6-22-3)10(16)14(11(13)17)8-24-26(20,21)5-2/h4-5H,1-2,6-8H2,3H3. The molecule has 0 aromatic carbocycles. The second kappa shape index (κ2) is 8.37. The number of hydrogen-bond donors (Lipinski definition) is 0. The topological polar surface area (TPSA) is 162 Å². The highest BCUT2D eigenvalue weighted by molar-refractivity contribution is 7.89. The quantitative estimate of drug-likeness (QED) is 0.380. The number of ether oxygens (including phenoxy) is 1. The Morgan fingerprint density at radius 3 is 1.35 bits per heavy atom. The van der Waals surface area contributed by atoms with Gasteiger partial charge in [-0.15, -0.1) is 0 Å². The molecule has 1 aromatic rings. The molecule has 1 heterocycles. The van der Waals surface area contributed by atoms with Crippen molar-refractivity contribution in [1.82, 2.24) is 13.7 Å². The lowest BCUT2D eigenvalue weighted by Gasteiger charge is -2.13. The van der Waals surface area contributed by atoms with Crippen LogP contribution in [-0.2, 0) is 53.5 Å². The van der Waals surface area contributed by atoms with Gasteiger partial charge in [0.1, 0.15) is 6.73 Å². The van der Waals surface area contributed by atoms with E-state index in [1.54, 1.807) is 0 Å². The zero-order valence-corrected chi connectivity index (χ0v) is 15.1. The lowest BCUT2D eigenvalue weighted by Crippen LogP contribution is -2.55. The van der Waals surface area contributed by atoms with Crippen molar-refractivity contribution >= 4 is 20.2 Å². The Hall–Kier alpha value is -2.33. The van der Waals surface area contributed by atoms with Crippen LogP contribution in [0.4, 0.5) is 0 Å². The molecule has 0 aliphatic heterocycles. The van der Waals surface area contributed by atoms with E-state index in [0.717, 1.165) is 7.11 Å². The predicted octanol–water partition coefficient (Wildman–Crippen LogP) is -2.33. The van der Waals surface area contributed by atoms with Gasteiger partial charge in [-0.3, -0.25) is 0 Å². The third kappa shape index (κ3) is 5.09. The van der Waals surface area contributed by atoms with Crippen LogP contribution >= 0.6 is 0 Å². The highest BCUT2D eigenvalue weighted by atomic mass is 32.2. The van der Waals surface area contributed by atoms with Gasteiger partial charge in [-0.1, -0.05) is 13.2 Å². The first kappa shape index (κ1) is 21.7. The Balaban J connectivity index is 3.53. The molecule has 0 unspecified atom stereocenters. The van der Waals surface area contributed by atoms with Crippen molar-refractivity contribution in [3.63, 3.8) is 0 Å². The summed E-state index contributed by atoms with van der Waals surface area (Å²) in [6, 6.07) is 0. The fraction of sp³-hybridized carbons (Fsp3) is 0.364. The minimum absolute atomic E-state index is 0.228. The van der Waals surface area contributed by atoms with Crippen molar-refractivity contribution < 1.29 is 29.9 Å². The normalized spacial score (nSPS) is 12.0. The fourth-order valence-electron chi connectivity index (χ4n) is 1.49. The van der Waals surface area contributed by atoms with Gasteiger partial charge >= 0.3 is 17.1 Å². The van der Waals surface area contributed by atoms with Crippen LogP contribution in [0.3, 0.4) is 0 Å². The molecule has 146 valence electrons. The Morgan fingerprint density at radius 1 is 0.769 bits per heavy atom. The molecule has 0 bridgehead atoms. The molecule has 0 aliphatic rings. The first-order valence-electron chi connectivity index (χ1n) is 6.46. The van der Waals surface area contributed by atoms with Crippen molar-refractivity contribution in [3.05, 3.63) is 55.4 Å². The molecular weight excluding hydrogens is 398 g/mol. The van der Waals surface area contributed by atoms with Gasteiger partial charge in [0.15, 0.2) is 13.5 Å². The summed E-state index contributed by atoms with van der Waals surface area (Å²) in [5, 5.41) is 0.864. The van der Waals surface area contributed by atoms with E-state index in [0.29, 0.717) is 15.4 Å². The summed E-state index contributed by atoms with van der Waals surface area (Å²) in [7, 11) is -7.34. The summed E-state index contributed by atoms with van der Waals surface area (Å²) in [6.07, 6.45) is 0. The van der Waals surface area contributed by atoms with Gasteiger partial charge in [0.2, 0.25) is 0 Å². The van der Waals surface area contributed by atoms with E-state index in [1.165, 1.54) is 0 Å². The van der Waals surface area contributed by atoms with E-state index in [4.69, 9.17) is 0 Å². The second-order valence-corrected chi connectivity index (χ2v) is 7.47. The van der Waals surface area contributed by atoms with Crippen molar-refractivity contribution in [1.29, 1.82) is 0 Å². The monoisotopic (exact) mass is 413 g/mol. The van der Waals surface area contributed by atoms with Crippen molar-refractivity contribution in [2.45, 2.75) is 20.2 Å². The highest BCUT2D eigenvalue weighted by Crippen LogP contribution is 1.96. The Bertz CT molecular complexity index is 994. The van der Waals surface area contributed by atoms with Crippen LogP contribution < -0.4 is 17.1 Å². The first-order valence-corrected chi connectivity index (χ1v) is 9.41. The molecule has 15 heteroatoms. The number of methoxy groups -OCH3 is 1. The number of aromatic nitrogens is 3. The molecular formula is C11H15N3O10S2. The maximum absolute atomic E-state index is 12.2. The Kier molecular flexibility index (Phi) is 6.99. The second-order valence-electron chi connectivity index (χ2n) is 4.36. The first-order chi connectivity index (χ1) is 12.0. The van der Waals surface area contributed by atoms with E-state index in [-0.39, 0.29) is 9.13 Å². The fourth-order valence-corrected chi connectivity index (χ4v) is 2.19. The smallest absolute Gasteiger partial charge is 0.340 e. The largest absolute Gasteiger partial charge is 0.364 e. The molecule has 0 spiro atoms. The SMILES string of the molecule is C=CS(=O)(=O)OCn1c(=O)n(COC)c(=O)n(COS(=O)(=O)C=C)c1=O. The van der Waals surface area contributed by atoms with Gasteiger partial charge in [-0.05, 0) is 0 Å². The molecule has 26 heavy (non-hydrogen) atoms. The van der Waals surface area contributed by atoms with E-state index in [2.05, 4.69) is 26.3 Å². The molecule has 0 amide bonds. The van der Waals surface area contributed by atoms with E-state index >= 15 is 0 Å². The van der Waals surface area contributed by atoms with Crippen molar-refractivity contribution in [2.24, 2.45) is 0 Å². The number of nitrogens with zero attached hydrogens (tertiary/aromatic N) is 3. The lowest BCUT2D eigenvalue weighted by molar-refractivity contribution is 0.109. The Morgan fingerprint density at radius 2 is 1.08 bits per heavy atom. The van der Waals surface area contributed by atoms with Gasteiger partial charge in [0.05, 0.1) is 10.8 Å². The lowest BCUT2D eigenvalue weighted by atomic mass is 10.8. The molecule has 0 atom stereocenters. The zero-order valence-electron chi connectivity index (χ0n) is 13.4. The van der Waals surface area contributed by atoms with Crippen LogP contribution in [0.1, 0.15) is 0 Å². The van der Waals surface area contributed by atoms with Crippen LogP contribution in [0.25, 0.3) is 0 Å². The number of hydrogen-bond acceptors (Lipinski definition) is 10. The van der Waals surface area contributed by atoms with Gasteiger partial charge in [-0.25, -0.2) is 36.5 Å². The predicted molar refractivity (Wildman–Crippen MR) is 86.6 cm³/mol. The molecule has 13 nitrogen and oxygen atoms in total. The van der Waals surface area contributed by atoms with Gasteiger partial charge in [0.25, 0.3) is 20.2 Å². The van der Waals surface area contributed by atoms with E-state index < -0.39 is 57.5 Å². The molecule has 0 radical (unpaired) electrons. The average Bonchev–Trinajstić information content (AvgIpc) is 2.58. The minimum Gasteiger partial charge on any atom is -0.364 e. The van der Waals surface area contributed by atoms with Crippen molar-refractivity contribution in [3.8, 4) is 0 Å². The summed E-state index contributed by atoms with van der Waals surface area (Å²) < 4.78 is 59.4. The third-order valence-electron chi connectivity index (χ3n) is 2.74. The zero-order chi connectivity index (χ0) is 20.1. The van der Waals surface area contributed by atoms with Crippen LogP contribution in [0, 0.1) is 0 Å². The molecule has 0 N–H and O–H groups in total. The summed E-state index contributed by atoms with van der Waals surface area (Å²) >= 11 is 0. The summed E-state index contributed by atoms with van der Waals surface area (Å²) in [6.45, 7) is 3.16. The van der Waals surface area contributed by atoms with Gasteiger partial charge in [-0.2, -0.15) is 16.8 Å². The molecule has 1 rings (SSSR count).